The SMILES string of the molecule is C1=C(c2ccccc2)SC2=C(c3ccc(-c4ccccc4)cc3)N=C(n3c4ccc(-c5ccc6c7c8ccccc8ccc7n(-c7ccccc7)c6c5)cc4c4c5ccccc5ccc43)NC12. The molecule has 0 saturated carbocycles. The zero-order chi connectivity index (χ0) is 44.0. The zero-order valence-electron chi connectivity index (χ0n) is 36.3. The number of nitrogens with one attached hydrogen (secondary N) is 1. The molecule has 0 saturated heterocycles. The summed E-state index contributed by atoms with van der Waals surface area (Å²) in [6, 6.07) is 81.5. The molecule has 1 N–H and O–H groups in total. The highest BCUT2D eigenvalue weighted by Crippen LogP contribution is 2.48. The number of rotatable bonds is 5. The van der Waals surface area contributed by atoms with Crippen molar-refractivity contribution in [2.24, 2.45) is 4.99 Å². The Balaban J connectivity index is 0.967. The third-order valence-corrected chi connectivity index (χ3v) is 15.0. The fraction of sp³-hybridized carbons (Fsp3) is 0.0161. The molecule has 314 valence electrons. The molecule has 0 aliphatic carbocycles. The molecule has 0 spiro atoms. The minimum absolute atomic E-state index is 0.0519. The molecular weight excluding hydrogens is 833 g/mol. The highest BCUT2D eigenvalue weighted by atomic mass is 32.2. The second-order valence-electron chi connectivity index (χ2n) is 17.5. The van der Waals surface area contributed by atoms with E-state index in [9.17, 15) is 0 Å². The smallest absolute Gasteiger partial charge is 0.209 e. The molecule has 2 aliphatic rings. The van der Waals surface area contributed by atoms with Gasteiger partial charge < -0.3 is 9.88 Å². The van der Waals surface area contributed by atoms with Crippen LogP contribution in [-0.4, -0.2) is 21.1 Å². The molecule has 10 aromatic carbocycles. The summed E-state index contributed by atoms with van der Waals surface area (Å²) in [5.74, 6) is 0.811. The number of hydrogen-bond donors (Lipinski definition) is 1. The van der Waals surface area contributed by atoms with Gasteiger partial charge in [0.25, 0.3) is 0 Å². The molecule has 0 fully saturated rings. The Morgan fingerprint density at radius 3 is 1.64 bits per heavy atom. The maximum atomic E-state index is 5.63. The van der Waals surface area contributed by atoms with Crippen LogP contribution in [0.5, 0.6) is 0 Å². The summed E-state index contributed by atoms with van der Waals surface area (Å²) in [4.78, 5) is 8.08. The number of hydrogen-bond acceptors (Lipinski definition) is 3. The van der Waals surface area contributed by atoms with Gasteiger partial charge in [0.05, 0.1) is 33.8 Å². The molecule has 1 unspecified atom stereocenters. The Morgan fingerprint density at radius 1 is 0.388 bits per heavy atom. The molecule has 0 bridgehead atoms. The van der Waals surface area contributed by atoms with Crippen LogP contribution in [0.25, 0.3) is 104 Å². The molecule has 1 atom stereocenters. The summed E-state index contributed by atoms with van der Waals surface area (Å²) < 4.78 is 4.79. The molecule has 0 amide bonds. The maximum Gasteiger partial charge on any atom is 0.209 e. The van der Waals surface area contributed by atoms with E-state index in [1.165, 1.54) is 91.8 Å². The van der Waals surface area contributed by atoms with Gasteiger partial charge in [-0.1, -0.05) is 194 Å². The van der Waals surface area contributed by atoms with Crippen molar-refractivity contribution in [2.75, 3.05) is 0 Å². The lowest BCUT2D eigenvalue weighted by molar-refractivity contribution is 0.835. The van der Waals surface area contributed by atoms with E-state index in [1.54, 1.807) is 0 Å². The molecule has 4 heterocycles. The van der Waals surface area contributed by atoms with Crippen molar-refractivity contribution in [3.63, 3.8) is 0 Å². The number of benzene rings is 10. The van der Waals surface area contributed by atoms with Gasteiger partial charge in [-0.3, -0.25) is 4.57 Å². The molecule has 2 aliphatic heterocycles. The van der Waals surface area contributed by atoms with Gasteiger partial charge in [-0.25, -0.2) is 4.99 Å². The van der Waals surface area contributed by atoms with Crippen LogP contribution >= 0.6 is 11.8 Å². The average Bonchev–Trinajstić information content (AvgIpc) is 4.09. The van der Waals surface area contributed by atoms with Crippen LogP contribution in [0, 0.1) is 0 Å². The van der Waals surface area contributed by atoms with Crippen molar-refractivity contribution in [2.45, 2.75) is 6.04 Å². The largest absolute Gasteiger partial charge is 0.344 e. The van der Waals surface area contributed by atoms with Crippen molar-refractivity contribution >= 4 is 93.5 Å². The minimum atomic E-state index is -0.0519. The normalized spacial score (nSPS) is 14.9. The standard InChI is InChI=1S/C62H40N4S/c1-4-14-39(15-5-1)40-24-26-44(27-25-40)60-61-52(38-57(67-61)43-18-6-2-7-19-43)63-62(64-60)66-53-33-31-45(36-51(53)59-49-23-13-11-17-42(49)30-35-55(59)66)46-28-32-50-56(37-46)65(47-20-8-3-9-21-47)54-34-29-41-16-10-12-22-48(41)58(50)54/h1-38,52H,(H,63,64). The van der Waals surface area contributed by atoms with Crippen molar-refractivity contribution in [1.29, 1.82) is 0 Å². The average molecular weight is 873 g/mol. The van der Waals surface area contributed by atoms with Crippen LogP contribution in [0.1, 0.15) is 11.1 Å². The van der Waals surface area contributed by atoms with Crippen LogP contribution in [0.2, 0.25) is 0 Å². The molecule has 67 heavy (non-hydrogen) atoms. The van der Waals surface area contributed by atoms with Crippen LogP contribution in [0.4, 0.5) is 0 Å². The van der Waals surface area contributed by atoms with Gasteiger partial charge in [0, 0.05) is 42.6 Å². The number of nitrogens with zero attached hydrogens (tertiary/aromatic N) is 3. The van der Waals surface area contributed by atoms with E-state index in [0.717, 1.165) is 33.9 Å². The monoisotopic (exact) mass is 872 g/mol. The molecule has 5 heteroatoms. The number of fused-ring (bicyclic) bond motifs is 11. The first-order chi connectivity index (χ1) is 33.2. The van der Waals surface area contributed by atoms with Gasteiger partial charge in [0.2, 0.25) is 5.96 Å². The zero-order valence-corrected chi connectivity index (χ0v) is 37.1. The highest BCUT2D eigenvalue weighted by molar-refractivity contribution is 8.12. The number of aliphatic imine (C=N–C) groups is 1. The van der Waals surface area contributed by atoms with E-state index >= 15 is 0 Å². The van der Waals surface area contributed by atoms with Crippen LogP contribution < -0.4 is 5.32 Å². The van der Waals surface area contributed by atoms with Gasteiger partial charge in [-0.05, 0) is 97.9 Å². The lowest BCUT2D eigenvalue weighted by atomic mass is 9.98. The van der Waals surface area contributed by atoms with Crippen molar-refractivity contribution in [3.8, 4) is 27.9 Å². The predicted molar refractivity (Wildman–Crippen MR) is 285 cm³/mol. The van der Waals surface area contributed by atoms with Crippen LogP contribution in [0.15, 0.2) is 240 Å². The molecule has 0 radical (unpaired) electrons. The lowest BCUT2D eigenvalue weighted by Crippen LogP contribution is -2.40. The number of thioether (sulfide) groups is 1. The van der Waals surface area contributed by atoms with Gasteiger partial charge in [-0.2, -0.15) is 0 Å². The summed E-state index contributed by atoms with van der Waals surface area (Å²) in [7, 11) is 0. The van der Waals surface area contributed by atoms with E-state index in [1.807, 2.05) is 11.8 Å². The first-order valence-electron chi connectivity index (χ1n) is 22.9. The Bertz CT molecular complexity index is 4070. The second kappa shape index (κ2) is 15.1. The fourth-order valence-corrected chi connectivity index (χ4v) is 11.8. The Labute approximate surface area is 391 Å². The third-order valence-electron chi connectivity index (χ3n) is 13.8. The van der Waals surface area contributed by atoms with E-state index < -0.39 is 0 Å². The van der Waals surface area contributed by atoms with Gasteiger partial charge in [-0.15, -0.1) is 0 Å². The van der Waals surface area contributed by atoms with Gasteiger partial charge in [0.1, 0.15) is 0 Å². The molecule has 14 rings (SSSR count). The number of para-hydroxylation sites is 1. The maximum absolute atomic E-state index is 5.63. The van der Waals surface area contributed by atoms with Crippen molar-refractivity contribution in [3.05, 3.63) is 247 Å². The first kappa shape index (κ1) is 37.9. The summed E-state index contributed by atoms with van der Waals surface area (Å²) in [6.07, 6.45) is 2.37. The van der Waals surface area contributed by atoms with Gasteiger partial charge in [0.15, 0.2) is 0 Å². The van der Waals surface area contributed by atoms with E-state index in [0.29, 0.717) is 0 Å². The van der Waals surface area contributed by atoms with Crippen molar-refractivity contribution < 1.29 is 0 Å². The molecule has 12 aromatic rings. The fourth-order valence-electron chi connectivity index (χ4n) is 10.6. The van der Waals surface area contributed by atoms with E-state index in [-0.39, 0.29) is 6.04 Å². The molecular formula is C62H40N4S. The Kier molecular flexibility index (Phi) is 8.55. The quantitative estimate of drug-likeness (QED) is 0.187. The van der Waals surface area contributed by atoms with E-state index in [4.69, 9.17) is 4.99 Å². The van der Waals surface area contributed by atoms with Gasteiger partial charge >= 0.3 is 0 Å². The van der Waals surface area contributed by atoms with Crippen LogP contribution in [0.3, 0.4) is 0 Å². The van der Waals surface area contributed by atoms with E-state index in [2.05, 4.69) is 245 Å². The Morgan fingerprint density at radius 2 is 0.925 bits per heavy atom. The first-order valence-corrected chi connectivity index (χ1v) is 23.7. The minimum Gasteiger partial charge on any atom is -0.344 e. The summed E-state index contributed by atoms with van der Waals surface area (Å²) >= 11 is 1.82. The summed E-state index contributed by atoms with van der Waals surface area (Å²) in [5, 5.41) is 13.8. The lowest BCUT2D eigenvalue weighted by Gasteiger charge is -2.25. The third kappa shape index (κ3) is 6.05. The molecule has 4 nitrogen and oxygen atoms in total. The Hall–Kier alpha value is -8.38. The van der Waals surface area contributed by atoms with Crippen molar-refractivity contribution in [1.82, 2.24) is 14.5 Å². The molecule has 2 aromatic heterocycles. The summed E-state index contributed by atoms with van der Waals surface area (Å²) in [6.45, 7) is 0. The predicted octanol–water partition coefficient (Wildman–Crippen LogP) is 15.9. The van der Waals surface area contributed by atoms with Crippen LogP contribution in [-0.2, 0) is 0 Å². The number of aromatic nitrogens is 2. The second-order valence-corrected chi connectivity index (χ2v) is 18.6. The topological polar surface area (TPSA) is 34.2 Å². The summed E-state index contributed by atoms with van der Waals surface area (Å²) in [5.41, 5.74) is 13.8. The highest BCUT2D eigenvalue weighted by Gasteiger charge is 2.33.